The lowest BCUT2D eigenvalue weighted by Crippen LogP contribution is -2.30. The average Bonchev–Trinajstić information content (AvgIpc) is 2.68. The van der Waals surface area contributed by atoms with Crippen molar-refractivity contribution in [2.24, 2.45) is 0 Å². The molecule has 2 aromatic rings. The van der Waals surface area contributed by atoms with E-state index < -0.39 is 11.9 Å². The number of methoxy groups -OCH3 is 1. The molecule has 0 aliphatic rings. The van der Waals surface area contributed by atoms with Gasteiger partial charge in [0.25, 0.3) is 11.8 Å². The Morgan fingerprint density at radius 3 is 2.27 bits per heavy atom. The van der Waals surface area contributed by atoms with E-state index >= 15 is 0 Å². The summed E-state index contributed by atoms with van der Waals surface area (Å²) in [5.41, 5.74) is 1.44. The van der Waals surface area contributed by atoms with Gasteiger partial charge in [-0.15, -0.1) is 0 Å². The highest BCUT2D eigenvalue weighted by atomic mass is 16.5. The quantitative estimate of drug-likeness (QED) is 0.805. The Morgan fingerprint density at radius 2 is 1.69 bits per heavy atom. The second-order valence-corrected chi connectivity index (χ2v) is 5.43. The fraction of sp³-hybridized carbons (Fsp3) is 0.263. The van der Waals surface area contributed by atoms with Crippen LogP contribution in [0.4, 0.5) is 5.69 Å². The molecule has 0 atom stereocenters. The van der Waals surface area contributed by atoms with Gasteiger partial charge in [0.15, 0.2) is 0 Å². The van der Waals surface area contributed by atoms with E-state index in [1.165, 1.54) is 19.4 Å². The third-order valence-electron chi connectivity index (χ3n) is 3.85. The number of esters is 1. The van der Waals surface area contributed by atoms with Crippen LogP contribution in [0.2, 0.25) is 0 Å². The third-order valence-corrected chi connectivity index (χ3v) is 3.85. The number of hydrogen-bond donors (Lipinski definition) is 1. The fourth-order valence-corrected chi connectivity index (χ4v) is 2.38. The van der Waals surface area contributed by atoms with Gasteiger partial charge in [0.1, 0.15) is 5.69 Å². The number of aromatic nitrogens is 1. The van der Waals surface area contributed by atoms with E-state index in [2.05, 4.69) is 15.0 Å². The highest BCUT2D eigenvalue weighted by Gasteiger charge is 2.16. The number of ether oxygens (including phenoxy) is 1. The van der Waals surface area contributed by atoms with Crippen LogP contribution in [0.25, 0.3) is 0 Å². The molecule has 0 fully saturated rings. The average molecular weight is 355 g/mol. The number of pyridine rings is 1. The number of nitrogens with one attached hydrogen (secondary N) is 1. The Hall–Kier alpha value is -3.22. The zero-order valence-electron chi connectivity index (χ0n) is 15.0. The van der Waals surface area contributed by atoms with Crippen LogP contribution >= 0.6 is 0 Å². The number of hydrogen-bond acceptors (Lipinski definition) is 5. The normalized spacial score (nSPS) is 10.1. The van der Waals surface area contributed by atoms with Crippen LogP contribution in [-0.2, 0) is 4.74 Å². The molecule has 0 aliphatic carbocycles. The highest BCUT2D eigenvalue weighted by Crippen LogP contribution is 2.13. The van der Waals surface area contributed by atoms with Gasteiger partial charge in [-0.2, -0.15) is 0 Å². The molecule has 0 saturated carbocycles. The topological polar surface area (TPSA) is 88.6 Å². The summed E-state index contributed by atoms with van der Waals surface area (Å²) < 4.78 is 4.63. The first-order valence-electron chi connectivity index (χ1n) is 8.25. The van der Waals surface area contributed by atoms with Crippen LogP contribution in [0.5, 0.6) is 0 Å². The van der Waals surface area contributed by atoms with Crippen LogP contribution < -0.4 is 5.32 Å². The number of rotatable bonds is 6. The van der Waals surface area contributed by atoms with Crippen molar-refractivity contribution in [2.75, 3.05) is 25.5 Å². The monoisotopic (exact) mass is 355 g/mol. The molecule has 0 spiro atoms. The van der Waals surface area contributed by atoms with Gasteiger partial charge in [0.2, 0.25) is 0 Å². The van der Waals surface area contributed by atoms with Gasteiger partial charge in [-0.05, 0) is 50.2 Å². The predicted octanol–water partition coefficient (Wildman–Crippen LogP) is 2.60. The minimum atomic E-state index is -0.452. The number of benzene rings is 1. The smallest absolute Gasteiger partial charge is 0.337 e. The molecule has 1 heterocycles. The van der Waals surface area contributed by atoms with Gasteiger partial charge in [-0.3, -0.25) is 14.6 Å². The highest BCUT2D eigenvalue weighted by molar-refractivity contribution is 6.05. The molecule has 0 saturated heterocycles. The Kier molecular flexibility index (Phi) is 6.43. The van der Waals surface area contributed by atoms with Gasteiger partial charge in [-0.1, -0.05) is 0 Å². The molecule has 1 aromatic carbocycles. The van der Waals surface area contributed by atoms with E-state index in [0.29, 0.717) is 29.9 Å². The lowest BCUT2D eigenvalue weighted by molar-refractivity contribution is 0.0600. The van der Waals surface area contributed by atoms with E-state index in [1.807, 2.05) is 13.8 Å². The molecule has 1 N–H and O–H groups in total. The van der Waals surface area contributed by atoms with Gasteiger partial charge in [-0.25, -0.2) is 4.79 Å². The second-order valence-electron chi connectivity index (χ2n) is 5.43. The van der Waals surface area contributed by atoms with Gasteiger partial charge < -0.3 is 15.0 Å². The molecule has 2 amide bonds. The Balaban J connectivity index is 2.14. The maximum atomic E-state index is 12.4. The van der Waals surface area contributed by atoms with Crippen molar-refractivity contribution in [3.05, 3.63) is 59.4 Å². The minimum Gasteiger partial charge on any atom is -0.465 e. The summed E-state index contributed by atoms with van der Waals surface area (Å²) in [6.07, 6.45) is 1.44. The van der Waals surface area contributed by atoms with Gasteiger partial charge in [0, 0.05) is 30.5 Å². The number of carbonyl (C=O) groups is 3. The lowest BCUT2D eigenvalue weighted by Gasteiger charge is -2.18. The molecule has 7 nitrogen and oxygen atoms in total. The molecular formula is C19H21N3O4. The first kappa shape index (κ1) is 19.1. The lowest BCUT2D eigenvalue weighted by atomic mass is 10.1. The van der Waals surface area contributed by atoms with Crippen molar-refractivity contribution in [3.8, 4) is 0 Å². The first-order chi connectivity index (χ1) is 12.5. The molecule has 26 heavy (non-hydrogen) atoms. The zero-order valence-corrected chi connectivity index (χ0v) is 15.0. The van der Waals surface area contributed by atoms with Crippen LogP contribution in [0, 0.1) is 0 Å². The maximum absolute atomic E-state index is 12.4. The van der Waals surface area contributed by atoms with Crippen molar-refractivity contribution >= 4 is 23.5 Å². The van der Waals surface area contributed by atoms with E-state index in [-0.39, 0.29) is 11.6 Å². The number of amides is 2. The second kappa shape index (κ2) is 8.75. The van der Waals surface area contributed by atoms with Gasteiger partial charge in [0.05, 0.1) is 12.7 Å². The molecule has 2 rings (SSSR count). The SMILES string of the molecule is CCN(CC)C(=O)c1ccnc(C(=O)Nc2ccc(C(=O)OC)cc2)c1. The Labute approximate surface area is 152 Å². The maximum Gasteiger partial charge on any atom is 0.337 e. The van der Waals surface area contributed by atoms with Crippen LogP contribution in [0.15, 0.2) is 42.6 Å². The van der Waals surface area contributed by atoms with Crippen LogP contribution in [0.3, 0.4) is 0 Å². The van der Waals surface area contributed by atoms with Gasteiger partial charge >= 0.3 is 5.97 Å². The van der Waals surface area contributed by atoms with Crippen molar-refractivity contribution < 1.29 is 19.1 Å². The summed E-state index contributed by atoms with van der Waals surface area (Å²) in [7, 11) is 1.30. The molecule has 0 aliphatic heterocycles. The molecule has 0 unspecified atom stereocenters. The zero-order chi connectivity index (χ0) is 19.1. The molecular weight excluding hydrogens is 334 g/mol. The largest absolute Gasteiger partial charge is 0.465 e. The van der Waals surface area contributed by atoms with E-state index in [4.69, 9.17) is 0 Å². The van der Waals surface area contributed by atoms with Crippen LogP contribution in [-0.4, -0.2) is 47.9 Å². The van der Waals surface area contributed by atoms with E-state index in [9.17, 15) is 14.4 Å². The molecule has 7 heteroatoms. The molecule has 136 valence electrons. The summed E-state index contributed by atoms with van der Waals surface area (Å²) in [4.78, 5) is 41.9. The molecule has 0 radical (unpaired) electrons. The van der Waals surface area contributed by atoms with Crippen molar-refractivity contribution in [3.63, 3.8) is 0 Å². The van der Waals surface area contributed by atoms with Crippen molar-refractivity contribution in [2.45, 2.75) is 13.8 Å². The van der Waals surface area contributed by atoms with E-state index in [0.717, 1.165) is 0 Å². The number of nitrogens with zero attached hydrogens (tertiary/aromatic N) is 2. The molecule has 0 bridgehead atoms. The number of carbonyl (C=O) groups excluding carboxylic acids is 3. The summed E-state index contributed by atoms with van der Waals surface area (Å²) in [5.74, 6) is -1.04. The predicted molar refractivity (Wildman–Crippen MR) is 97.2 cm³/mol. The minimum absolute atomic E-state index is 0.139. The summed E-state index contributed by atoms with van der Waals surface area (Å²) >= 11 is 0. The summed E-state index contributed by atoms with van der Waals surface area (Å²) in [6.45, 7) is 4.97. The Morgan fingerprint density at radius 1 is 1.04 bits per heavy atom. The summed E-state index contributed by atoms with van der Waals surface area (Å²) in [6, 6.07) is 9.34. The number of anilines is 1. The van der Waals surface area contributed by atoms with Crippen LogP contribution in [0.1, 0.15) is 45.1 Å². The third kappa shape index (κ3) is 4.44. The standard InChI is InChI=1S/C19H21N3O4/c1-4-22(5-2)18(24)14-10-11-20-16(12-14)17(23)21-15-8-6-13(7-9-15)19(25)26-3/h6-12H,4-5H2,1-3H3,(H,21,23). The van der Waals surface area contributed by atoms with Crippen molar-refractivity contribution in [1.29, 1.82) is 0 Å². The Bertz CT molecular complexity index is 799. The summed E-state index contributed by atoms with van der Waals surface area (Å²) in [5, 5.41) is 2.69. The van der Waals surface area contributed by atoms with Crippen molar-refractivity contribution in [1.82, 2.24) is 9.88 Å². The first-order valence-corrected chi connectivity index (χ1v) is 8.25. The van der Waals surface area contributed by atoms with E-state index in [1.54, 1.807) is 35.2 Å². The molecule has 1 aromatic heterocycles. The fourth-order valence-electron chi connectivity index (χ4n) is 2.38.